The molecule has 1 atom stereocenters. The summed E-state index contributed by atoms with van der Waals surface area (Å²) in [6.45, 7) is 10.4. The molecule has 0 bridgehead atoms. The van der Waals surface area contributed by atoms with Gasteiger partial charge in [0.25, 0.3) is 10.0 Å². The van der Waals surface area contributed by atoms with Crippen LogP contribution in [0.2, 0.25) is 0 Å². The molecule has 3 aromatic carbocycles. The minimum atomic E-state index is -4.07. The number of hydrogen-bond donors (Lipinski definition) is 1. The number of rotatable bonds is 14. The molecule has 0 aromatic heterocycles. The van der Waals surface area contributed by atoms with Gasteiger partial charge >= 0.3 is 0 Å². The van der Waals surface area contributed by atoms with Crippen molar-refractivity contribution in [2.24, 2.45) is 5.92 Å². The summed E-state index contributed by atoms with van der Waals surface area (Å²) in [5.74, 6) is -0.139. The first-order valence-electron chi connectivity index (χ1n) is 14.3. The lowest BCUT2D eigenvalue weighted by Crippen LogP contribution is -2.53. The third-order valence-electron chi connectivity index (χ3n) is 7.01. The van der Waals surface area contributed by atoms with Crippen molar-refractivity contribution >= 4 is 27.5 Å². The van der Waals surface area contributed by atoms with E-state index in [0.717, 1.165) is 15.4 Å². The highest BCUT2D eigenvalue weighted by atomic mass is 32.2. The third kappa shape index (κ3) is 8.67. The van der Waals surface area contributed by atoms with E-state index in [2.05, 4.69) is 19.2 Å². The summed E-state index contributed by atoms with van der Waals surface area (Å²) >= 11 is 0. The van der Waals surface area contributed by atoms with Gasteiger partial charge in [0.15, 0.2) is 0 Å². The van der Waals surface area contributed by atoms with Crippen molar-refractivity contribution in [1.82, 2.24) is 10.2 Å². The minimum absolute atomic E-state index is 0.0956. The molecule has 0 saturated heterocycles. The summed E-state index contributed by atoms with van der Waals surface area (Å²) in [5.41, 5.74) is 2.49. The van der Waals surface area contributed by atoms with Crippen molar-refractivity contribution in [3.8, 4) is 0 Å². The third-order valence-corrected chi connectivity index (χ3v) is 8.80. The molecule has 0 unspecified atom stereocenters. The van der Waals surface area contributed by atoms with Crippen LogP contribution in [0.5, 0.6) is 0 Å². The van der Waals surface area contributed by atoms with Crippen molar-refractivity contribution < 1.29 is 18.0 Å². The maximum absolute atomic E-state index is 14.1. The Balaban J connectivity index is 2.00. The maximum Gasteiger partial charge on any atom is 0.264 e. The molecule has 0 aliphatic heterocycles. The molecule has 2 amide bonds. The SMILES string of the molecule is CC[C@@H](C(=O)NCC(C)C)N(CCc1ccccc1)C(=O)CN(c1ccc(C(C)C)cc1)S(=O)(=O)c1ccccc1. The summed E-state index contributed by atoms with van der Waals surface area (Å²) in [4.78, 5) is 29.0. The second-order valence-electron chi connectivity index (χ2n) is 11.0. The molecule has 1 N–H and O–H groups in total. The van der Waals surface area contributed by atoms with Gasteiger partial charge in [-0.05, 0) is 60.1 Å². The smallest absolute Gasteiger partial charge is 0.264 e. The van der Waals surface area contributed by atoms with Gasteiger partial charge in [-0.25, -0.2) is 8.42 Å². The number of carbonyl (C=O) groups excluding carboxylic acids is 2. The van der Waals surface area contributed by atoms with Gasteiger partial charge in [0.05, 0.1) is 10.6 Å². The number of nitrogens with one attached hydrogen (secondary N) is 1. The molecular formula is C33H43N3O4S. The minimum Gasteiger partial charge on any atom is -0.354 e. The van der Waals surface area contributed by atoms with E-state index < -0.39 is 28.5 Å². The predicted molar refractivity (Wildman–Crippen MR) is 165 cm³/mol. The van der Waals surface area contributed by atoms with E-state index in [1.165, 1.54) is 12.1 Å². The molecule has 0 fully saturated rings. The van der Waals surface area contributed by atoms with Crippen LogP contribution in [0.25, 0.3) is 0 Å². The van der Waals surface area contributed by atoms with E-state index in [-0.39, 0.29) is 29.2 Å². The lowest BCUT2D eigenvalue weighted by atomic mass is 10.0. The number of benzene rings is 3. The first-order valence-corrected chi connectivity index (χ1v) is 15.8. The van der Waals surface area contributed by atoms with E-state index in [4.69, 9.17) is 0 Å². The quantitative estimate of drug-likeness (QED) is 0.269. The van der Waals surface area contributed by atoms with Crippen LogP contribution in [0.1, 0.15) is 58.1 Å². The predicted octanol–water partition coefficient (Wildman–Crippen LogP) is 5.63. The fourth-order valence-electron chi connectivity index (χ4n) is 4.59. The molecule has 0 heterocycles. The molecule has 8 heteroatoms. The van der Waals surface area contributed by atoms with Crippen molar-refractivity contribution in [1.29, 1.82) is 0 Å². The second-order valence-corrected chi connectivity index (χ2v) is 12.8. The Labute approximate surface area is 245 Å². The Kier molecular flexibility index (Phi) is 11.5. The van der Waals surface area contributed by atoms with Crippen LogP contribution in [0.3, 0.4) is 0 Å². The van der Waals surface area contributed by atoms with Gasteiger partial charge in [-0.3, -0.25) is 13.9 Å². The van der Waals surface area contributed by atoms with E-state index in [9.17, 15) is 18.0 Å². The molecule has 0 aliphatic rings. The summed E-state index contributed by atoms with van der Waals surface area (Å²) < 4.78 is 29.0. The van der Waals surface area contributed by atoms with Crippen molar-refractivity contribution in [2.45, 2.75) is 64.3 Å². The van der Waals surface area contributed by atoms with Crippen molar-refractivity contribution in [3.63, 3.8) is 0 Å². The average Bonchev–Trinajstić information content (AvgIpc) is 2.97. The highest BCUT2D eigenvalue weighted by Gasteiger charge is 2.33. The van der Waals surface area contributed by atoms with E-state index in [1.54, 1.807) is 35.2 Å². The molecule has 3 rings (SSSR count). The van der Waals surface area contributed by atoms with Gasteiger partial charge in [-0.2, -0.15) is 0 Å². The number of carbonyl (C=O) groups is 2. The number of hydrogen-bond acceptors (Lipinski definition) is 4. The molecule has 0 aliphatic carbocycles. The van der Waals surface area contributed by atoms with Crippen molar-refractivity contribution in [3.05, 3.63) is 96.1 Å². The van der Waals surface area contributed by atoms with Crippen LogP contribution in [0.4, 0.5) is 5.69 Å². The van der Waals surface area contributed by atoms with Gasteiger partial charge in [0.1, 0.15) is 12.6 Å². The molecule has 41 heavy (non-hydrogen) atoms. The topological polar surface area (TPSA) is 86.8 Å². The summed E-state index contributed by atoms with van der Waals surface area (Å²) in [6, 6.07) is 24.4. The Morgan fingerprint density at radius 3 is 1.95 bits per heavy atom. The summed E-state index contributed by atoms with van der Waals surface area (Å²) in [6.07, 6.45) is 0.939. The molecule has 0 radical (unpaired) electrons. The fourth-order valence-corrected chi connectivity index (χ4v) is 6.03. The summed E-state index contributed by atoms with van der Waals surface area (Å²) in [5, 5.41) is 2.96. The number of nitrogens with zero attached hydrogens (tertiary/aromatic N) is 2. The van der Waals surface area contributed by atoms with E-state index >= 15 is 0 Å². The monoisotopic (exact) mass is 577 g/mol. The van der Waals surface area contributed by atoms with Gasteiger partial charge in [-0.15, -0.1) is 0 Å². The zero-order valence-corrected chi connectivity index (χ0v) is 25.6. The molecule has 0 saturated carbocycles. The largest absolute Gasteiger partial charge is 0.354 e. The lowest BCUT2D eigenvalue weighted by Gasteiger charge is -2.33. The molecule has 0 spiro atoms. The zero-order valence-electron chi connectivity index (χ0n) is 24.8. The Morgan fingerprint density at radius 1 is 0.829 bits per heavy atom. The number of sulfonamides is 1. The van der Waals surface area contributed by atoms with Gasteiger partial charge in [0.2, 0.25) is 11.8 Å². The Morgan fingerprint density at radius 2 is 1.41 bits per heavy atom. The second kappa shape index (κ2) is 14.8. The van der Waals surface area contributed by atoms with Crippen LogP contribution in [-0.2, 0) is 26.0 Å². The van der Waals surface area contributed by atoms with Gasteiger partial charge in [-0.1, -0.05) is 95.3 Å². The van der Waals surface area contributed by atoms with E-state index in [1.807, 2.05) is 63.2 Å². The zero-order chi connectivity index (χ0) is 30.0. The molecular weight excluding hydrogens is 534 g/mol. The van der Waals surface area contributed by atoms with Crippen LogP contribution in [0, 0.1) is 5.92 Å². The molecule has 3 aromatic rings. The van der Waals surface area contributed by atoms with Crippen LogP contribution in [0.15, 0.2) is 89.8 Å². The average molecular weight is 578 g/mol. The van der Waals surface area contributed by atoms with Gasteiger partial charge < -0.3 is 10.2 Å². The van der Waals surface area contributed by atoms with Gasteiger partial charge in [0, 0.05) is 13.1 Å². The number of amides is 2. The fraction of sp³-hybridized carbons (Fsp3) is 0.394. The maximum atomic E-state index is 14.1. The normalized spacial score (nSPS) is 12.3. The highest BCUT2D eigenvalue weighted by molar-refractivity contribution is 7.92. The van der Waals surface area contributed by atoms with Crippen LogP contribution >= 0.6 is 0 Å². The molecule has 7 nitrogen and oxygen atoms in total. The Bertz CT molecular complexity index is 1360. The van der Waals surface area contributed by atoms with Crippen molar-refractivity contribution in [2.75, 3.05) is 23.9 Å². The first-order chi connectivity index (χ1) is 19.5. The standard InChI is InChI=1S/C33H43N3O4S/c1-6-31(33(38)34-23-25(2)3)35(22-21-27-13-9-7-10-14-27)32(37)24-36(29-19-17-28(18-20-29)26(4)5)41(39,40)30-15-11-8-12-16-30/h7-20,25-26,31H,6,21-24H2,1-5H3,(H,34,38)/t31-/m0/s1. The van der Waals surface area contributed by atoms with Crippen LogP contribution in [-0.4, -0.2) is 50.8 Å². The Hall–Kier alpha value is -3.65. The molecule has 220 valence electrons. The lowest BCUT2D eigenvalue weighted by molar-refractivity contribution is -0.139. The first kappa shape index (κ1) is 31.9. The van der Waals surface area contributed by atoms with E-state index in [0.29, 0.717) is 25.1 Å². The summed E-state index contributed by atoms with van der Waals surface area (Å²) in [7, 11) is -4.07. The highest BCUT2D eigenvalue weighted by Crippen LogP contribution is 2.26. The van der Waals surface area contributed by atoms with Crippen LogP contribution < -0.4 is 9.62 Å². The number of anilines is 1.